The van der Waals surface area contributed by atoms with Crippen molar-refractivity contribution in [2.75, 3.05) is 20.6 Å². The molecule has 0 saturated heterocycles. The Morgan fingerprint density at radius 2 is 1.73 bits per heavy atom. The molecule has 0 aliphatic heterocycles. The monoisotopic (exact) mass is 347 g/mol. The molecule has 1 aromatic carbocycles. The Balaban J connectivity index is 2.31. The molecule has 0 aromatic heterocycles. The number of rotatable bonds is 7. The Morgan fingerprint density at radius 1 is 1.18 bits per heavy atom. The molecule has 1 saturated carbocycles. The predicted molar refractivity (Wildman–Crippen MR) is 83.2 cm³/mol. The van der Waals surface area contributed by atoms with Gasteiger partial charge in [0, 0.05) is 26.7 Å². The lowest BCUT2D eigenvalue weighted by molar-refractivity contribution is 0.515. The summed E-state index contributed by atoms with van der Waals surface area (Å²) < 4.78 is 52.8. The Bertz CT molecular complexity index is 740. The first-order valence-corrected chi connectivity index (χ1v) is 9.85. The smallest absolute Gasteiger partial charge is 0.243 e. The van der Waals surface area contributed by atoms with Crippen LogP contribution >= 0.6 is 0 Å². The van der Waals surface area contributed by atoms with E-state index in [2.05, 4.69) is 4.72 Å². The molecule has 0 bridgehead atoms. The van der Waals surface area contributed by atoms with Crippen LogP contribution in [0.3, 0.4) is 0 Å². The summed E-state index contributed by atoms with van der Waals surface area (Å²) in [7, 11) is -5.08. The van der Waals surface area contributed by atoms with Crippen LogP contribution in [0.1, 0.15) is 12.8 Å². The average Bonchev–Trinajstić information content (AvgIpc) is 3.29. The third-order valence-corrected chi connectivity index (χ3v) is 7.12. The van der Waals surface area contributed by atoms with E-state index in [9.17, 15) is 16.8 Å². The molecule has 2 rings (SSSR count). The fraction of sp³-hybridized carbons (Fsp3) is 0.538. The summed E-state index contributed by atoms with van der Waals surface area (Å²) in [5.74, 6) is 0.350. The summed E-state index contributed by atoms with van der Waals surface area (Å²) in [6, 6.07) is 5.30. The van der Waals surface area contributed by atoms with Gasteiger partial charge in [0.1, 0.15) is 9.79 Å². The maximum absolute atomic E-state index is 12.4. The Hall–Kier alpha value is -1.00. The van der Waals surface area contributed by atoms with Crippen LogP contribution in [-0.2, 0) is 20.0 Å². The van der Waals surface area contributed by atoms with Gasteiger partial charge in [-0.1, -0.05) is 12.1 Å². The molecule has 0 heterocycles. The fourth-order valence-corrected chi connectivity index (χ4v) is 4.83. The number of sulfonamides is 2. The first-order chi connectivity index (χ1) is 10.2. The van der Waals surface area contributed by atoms with Gasteiger partial charge in [-0.3, -0.25) is 0 Å². The topological polar surface area (TPSA) is 110 Å². The number of hydrogen-bond donors (Lipinski definition) is 2. The van der Waals surface area contributed by atoms with Gasteiger partial charge >= 0.3 is 0 Å². The van der Waals surface area contributed by atoms with Gasteiger partial charge in [0.05, 0.1) is 0 Å². The number of nitrogens with two attached hydrogens (primary N) is 1. The van der Waals surface area contributed by atoms with E-state index in [1.54, 1.807) is 0 Å². The molecule has 7 nitrogen and oxygen atoms in total. The van der Waals surface area contributed by atoms with E-state index >= 15 is 0 Å². The average molecular weight is 347 g/mol. The van der Waals surface area contributed by atoms with Crippen LogP contribution in [0.5, 0.6) is 0 Å². The van der Waals surface area contributed by atoms with Gasteiger partial charge in [-0.25, -0.2) is 25.9 Å². The molecule has 0 spiro atoms. The molecule has 9 heteroatoms. The second-order valence-corrected chi connectivity index (χ2v) is 9.44. The normalized spacial score (nSPS) is 17.6. The zero-order valence-electron chi connectivity index (χ0n) is 12.6. The van der Waals surface area contributed by atoms with Gasteiger partial charge in [0.25, 0.3) is 0 Å². The van der Waals surface area contributed by atoms with Crippen molar-refractivity contribution in [2.45, 2.75) is 28.7 Å². The first-order valence-electron chi connectivity index (χ1n) is 6.93. The molecular weight excluding hydrogens is 326 g/mol. The molecule has 22 heavy (non-hydrogen) atoms. The van der Waals surface area contributed by atoms with Crippen LogP contribution in [0.15, 0.2) is 34.1 Å². The van der Waals surface area contributed by atoms with E-state index in [-0.39, 0.29) is 22.4 Å². The maximum atomic E-state index is 12.4. The van der Waals surface area contributed by atoms with Crippen LogP contribution in [0.25, 0.3) is 0 Å². The molecule has 1 aromatic rings. The molecular formula is C13H21N3O4S2. The highest BCUT2D eigenvalue weighted by Crippen LogP contribution is 2.31. The van der Waals surface area contributed by atoms with Crippen LogP contribution in [0.2, 0.25) is 0 Å². The molecule has 1 unspecified atom stereocenters. The second kappa shape index (κ2) is 6.25. The summed E-state index contributed by atoms with van der Waals surface area (Å²) in [6.07, 6.45) is 2.02. The largest absolute Gasteiger partial charge is 0.326 e. The highest BCUT2D eigenvalue weighted by Gasteiger charge is 2.31. The minimum absolute atomic E-state index is 0.101. The summed E-state index contributed by atoms with van der Waals surface area (Å²) in [6.45, 7) is 0.101. The number of benzene rings is 1. The van der Waals surface area contributed by atoms with Crippen molar-refractivity contribution < 1.29 is 16.8 Å². The van der Waals surface area contributed by atoms with Gasteiger partial charge in [-0.2, -0.15) is 0 Å². The summed E-state index contributed by atoms with van der Waals surface area (Å²) >= 11 is 0. The molecule has 1 atom stereocenters. The minimum atomic E-state index is -3.94. The summed E-state index contributed by atoms with van der Waals surface area (Å²) in [4.78, 5) is -0.501. The SMILES string of the molecule is CN(C)S(=O)(=O)c1ccccc1S(=O)(=O)NCC(N)C1CC1. The van der Waals surface area contributed by atoms with Gasteiger partial charge in [-0.15, -0.1) is 0 Å². The Morgan fingerprint density at radius 3 is 2.23 bits per heavy atom. The van der Waals surface area contributed by atoms with Crippen molar-refractivity contribution in [1.82, 2.24) is 9.03 Å². The highest BCUT2D eigenvalue weighted by atomic mass is 32.2. The minimum Gasteiger partial charge on any atom is -0.326 e. The van der Waals surface area contributed by atoms with Gasteiger partial charge < -0.3 is 5.73 Å². The molecule has 1 aliphatic rings. The van der Waals surface area contributed by atoms with E-state index in [1.807, 2.05) is 0 Å². The van der Waals surface area contributed by atoms with Crippen molar-refractivity contribution in [1.29, 1.82) is 0 Å². The van der Waals surface area contributed by atoms with Crippen LogP contribution in [0.4, 0.5) is 0 Å². The van der Waals surface area contributed by atoms with E-state index in [1.165, 1.54) is 38.4 Å². The molecule has 1 aliphatic carbocycles. The second-order valence-electron chi connectivity index (χ2n) is 5.59. The molecule has 0 radical (unpaired) electrons. The molecule has 124 valence electrons. The quantitative estimate of drug-likeness (QED) is 0.719. The van der Waals surface area contributed by atoms with Crippen molar-refractivity contribution >= 4 is 20.0 Å². The first kappa shape index (κ1) is 17.4. The highest BCUT2D eigenvalue weighted by molar-refractivity contribution is 7.92. The van der Waals surface area contributed by atoms with Crippen molar-refractivity contribution in [3.8, 4) is 0 Å². The van der Waals surface area contributed by atoms with Gasteiger partial charge in [0.15, 0.2) is 0 Å². The standard InChI is InChI=1S/C13H21N3O4S2/c1-16(2)22(19,20)13-6-4-3-5-12(13)21(17,18)15-9-11(14)10-7-8-10/h3-6,10-11,15H,7-9,14H2,1-2H3. The summed E-state index contributed by atoms with van der Waals surface area (Å²) in [5, 5.41) is 0. The van der Waals surface area contributed by atoms with Gasteiger partial charge in [-0.05, 0) is 30.9 Å². The van der Waals surface area contributed by atoms with E-state index in [0.717, 1.165) is 17.1 Å². The lowest BCUT2D eigenvalue weighted by Crippen LogP contribution is -2.39. The number of nitrogens with zero attached hydrogens (tertiary/aromatic N) is 1. The Labute approximate surface area is 131 Å². The molecule has 0 amide bonds. The summed E-state index contributed by atoms with van der Waals surface area (Å²) in [5.41, 5.74) is 5.88. The zero-order chi connectivity index (χ0) is 16.5. The predicted octanol–water partition coefficient (Wildman–Crippen LogP) is -0.0475. The van der Waals surface area contributed by atoms with Crippen LogP contribution in [-0.4, -0.2) is 47.8 Å². The third-order valence-electron chi connectivity index (χ3n) is 3.63. The fourth-order valence-electron chi connectivity index (χ4n) is 2.06. The molecule has 1 fully saturated rings. The van der Waals surface area contributed by atoms with E-state index in [0.29, 0.717) is 5.92 Å². The number of nitrogens with one attached hydrogen (secondary N) is 1. The molecule has 3 N–H and O–H groups in total. The Kier molecular flexibility index (Phi) is 4.93. The van der Waals surface area contributed by atoms with E-state index in [4.69, 9.17) is 5.73 Å². The van der Waals surface area contributed by atoms with Crippen molar-refractivity contribution in [2.24, 2.45) is 11.7 Å². The van der Waals surface area contributed by atoms with Crippen molar-refractivity contribution in [3.05, 3.63) is 24.3 Å². The number of hydrogen-bond acceptors (Lipinski definition) is 5. The zero-order valence-corrected chi connectivity index (χ0v) is 14.2. The maximum Gasteiger partial charge on any atom is 0.243 e. The van der Waals surface area contributed by atoms with Crippen LogP contribution < -0.4 is 10.5 Å². The van der Waals surface area contributed by atoms with Gasteiger partial charge in [0.2, 0.25) is 20.0 Å². The van der Waals surface area contributed by atoms with E-state index < -0.39 is 20.0 Å². The lowest BCUT2D eigenvalue weighted by atomic mass is 10.2. The van der Waals surface area contributed by atoms with Crippen LogP contribution in [0, 0.1) is 5.92 Å². The lowest BCUT2D eigenvalue weighted by Gasteiger charge is -2.17. The third kappa shape index (κ3) is 3.66. The van der Waals surface area contributed by atoms with Crippen molar-refractivity contribution in [3.63, 3.8) is 0 Å².